The predicted octanol–water partition coefficient (Wildman–Crippen LogP) is 5.12. The van der Waals surface area contributed by atoms with Gasteiger partial charge >= 0.3 is 0 Å². The number of amides is 1. The molecule has 0 saturated heterocycles. The Morgan fingerprint density at radius 2 is 1.89 bits per heavy atom. The second-order valence-electron chi connectivity index (χ2n) is 7.98. The number of nitrogens with zero attached hydrogens (tertiary/aromatic N) is 2. The van der Waals surface area contributed by atoms with Gasteiger partial charge in [0.15, 0.2) is 11.5 Å². The van der Waals surface area contributed by atoms with Crippen LogP contribution in [0.25, 0.3) is 0 Å². The molecule has 0 aromatic heterocycles. The van der Waals surface area contributed by atoms with E-state index in [2.05, 4.69) is 10.6 Å². The van der Waals surface area contributed by atoms with Crippen molar-refractivity contribution in [3.05, 3.63) is 98.6 Å². The highest BCUT2D eigenvalue weighted by molar-refractivity contribution is 8.02. The number of anilines is 1. The summed E-state index contributed by atoms with van der Waals surface area (Å²) in [6, 6.07) is 20.7. The van der Waals surface area contributed by atoms with Crippen molar-refractivity contribution in [3.63, 3.8) is 0 Å². The molecule has 4 rings (SSSR count). The van der Waals surface area contributed by atoms with Gasteiger partial charge in [-0.3, -0.25) is 14.9 Å². The van der Waals surface area contributed by atoms with Crippen LogP contribution in [0.3, 0.4) is 0 Å². The molecule has 1 heterocycles. The molecule has 0 radical (unpaired) electrons. The number of thioether (sulfide) groups is 1. The molecule has 0 atom stereocenters. The maximum absolute atomic E-state index is 13.1. The van der Waals surface area contributed by atoms with E-state index in [4.69, 9.17) is 14.2 Å². The Morgan fingerprint density at radius 1 is 1.11 bits per heavy atom. The summed E-state index contributed by atoms with van der Waals surface area (Å²) in [5, 5.41) is 27.3. The Morgan fingerprint density at radius 3 is 2.63 bits per heavy atom. The summed E-state index contributed by atoms with van der Waals surface area (Å²) in [5.74, 6) is 1.65. The fourth-order valence-electron chi connectivity index (χ4n) is 3.54. The number of rotatable bonds is 11. The number of fused-ring (bicyclic) bond motifs is 1. The van der Waals surface area contributed by atoms with Crippen molar-refractivity contribution < 1.29 is 23.9 Å². The molecule has 0 spiro atoms. The van der Waals surface area contributed by atoms with E-state index in [1.54, 1.807) is 54.6 Å². The van der Waals surface area contributed by atoms with Crippen LogP contribution in [0.1, 0.15) is 18.1 Å². The van der Waals surface area contributed by atoms with Gasteiger partial charge in [0, 0.05) is 30.1 Å². The first-order valence-electron chi connectivity index (χ1n) is 11.6. The fourth-order valence-corrected chi connectivity index (χ4v) is 4.51. The third-order valence-corrected chi connectivity index (χ3v) is 6.46. The second kappa shape index (κ2) is 12.5. The number of non-ortho nitro benzene ring substituents is 1. The fraction of sp³-hybridized carbons (Fsp3) is 0.185. The summed E-state index contributed by atoms with van der Waals surface area (Å²) in [4.78, 5) is 23.8. The number of nitrogens with one attached hydrogen (secondary N) is 2. The molecule has 10 nitrogen and oxygen atoms in total. The molecule has 0 unspecified atom stereocenters. The maximum Gasteiger partial charge on any atom is 0.269 e. The van der Waals surface area contributed by atoms with Crippen LogP contribution in [0.15, 0.2) is 77.3 Å². The zero-order valence-corrected chi connectivity index (χ0v) is 21.2. The summed E-state index contributed by atoms with van der Waals surface area (Å²) in [6.45, 7) is 2.74. The molecule has 0 fully saturated rings. The first kappa shape index (κ1) is 26.4. The van der Waals surface area contributed by atoms with E-state index in [0.717, 1.165) is 5.56 Å². The first-order valence-corrected chi connectivity index (χ1v) is 12.6. The lowest BCUT2D eigenvalue weighted by atomic mass is 10.2. The van der Waals surface area contributed by atoms with Crippen LogP contribution in [0.2, 0.25) is 0 Å². The van der Waals surface area contributed by atoms with Crippen LogP contribution in [0.5, 0.6) is 17.2 Å². The quantitative estimate of drug-likeness (QED) is 0.149. The van der Waals surface area contributed by atoms with E-state index in [1.807, 2.05) is 13.0 Å². The molecule has 1 amide bonds. The normalized spacial score (nSPS) is 12.2. The predicted molar refractivity (Wildman–Crippen MR) is 143 cm³/mol. The average Bonchev–Trinajstić information content (AvgIpc) is 3.40. The first-order chi connectivity index (χ1) is 18.5. The SMILES string of the molecule is CCOc1ccc(N/C(SCc2cccc([N+](=O)[O-])c2)=C(/C#N)C(=O)NCc2ccc3c(c2)OCO3)cc1. The molecule has 0 bridgehead atoms. The topological polar surface area (TPSA) is 136 Å². The number of hydrogen-bond donors (Lipinski definition) is 2. The number of hydrogen-bond acceptors (Lipinski definition) is 9. The molecule has 11 heteroatoms. The van der Waals surface area contributed by atoms with Crippen LogP contribution in [0, 0.1) is 21.4 Å². The Hall–Kier alpha value is -4.69. The van der Waals surface area contributed by atoms with Gasteiger partial charge in [-0.05, 0) is 54.4 Å². The number of nitriles is 1. The van der Waals surface area contributed by atoms with Gasteiger partial charge in [0.1, 0.15) is 17.4 Å². The minimum absolute atomic E-state index is 0.0323. The van der Waals surface area contributed by atoms with E-state index in [1.165, 1.54) is 23.9 Å². The highest BCUT2D eigenvalue weighted by Crippen LogP contribution is 2.33. The Bertz CT molecular complexity index is 1400. The van der Waals surface area contributed by atoms with E-state index < -0.39 is 10.8 Å². The van der Waals surface area contributed by atoms with E-state index in [0.29, 0.717) is 45.9 Å². The van der Waals surface area contributed by atoms with Crippen molar-refractivity contribution in [2.45, 2.75) is 19.2 Å². The Kier molecular flexibility index (Phi) is 8.69. The van der Waals surface area contributed by atoms with Gasteiger partial charge in [-0.1, -0.05) is 18.2 Å². The summed E-state index contributed by atoms with van der Waals surface area (Å²) >= 11 is 1.20. The van der Waals surface area contributed by atoms with E-state index in [9.17, 15) is 20.2 Å². The van der Waals surface area contributed by atoms with E-state index >= 15 is 0 Å². The number of nitro benzene ring substituents is 1. The molecular formula is C27H24N4O6S. The van der Waals surface area contributed by atoms with Gasteiger partial charge in [0.2, 0.25) is 6.79 Å². The average molecular weight is 533 g/mol. The number of carbonyl (C=O) groups is 1. The van der Waals surface area contributed by atoms with Gasteiger partial charge in [-0.2, -0.15) is 5.26 Å². The number of nitro groups is 1. The van der Waals surface area contributed by atoms with Gasteiger partial charge in [0.25, 0.3) is 11.6 Å². The van der Waals surface area contributed by atoms with Crippen molar-refractivity contribution in [1.82, 2.24) is 5.32 Å². The molecular weight excluding hydrogens is 508 g/mol. The molecule has 1 aliphatic heterocycles. The van der Waals surface area contributed by atoms with Gasteiger partial charge in [-0.25, -0.2) is 0 Å². The van der Waals surface area contributed by atoms with Crippen LogP contribution in [-0.4, -0.2) is 24.2 Å². The van der Waals surface area contributed by atoms with Gasteiger partial charge < -0.3 is 24.8 Å². The molecule has 0 saturated carbocycles. The lowest BCUT2D eigenvalue weighted by Crippen LogP contribution is -2.25. The molecule has 2 N–H and O–H groups in total. The summed E-state index contributed by atoms with van der Waals surface area (Å²) < 4.78 is 16.2. The van der Waals surface area contributed by atoms with Crippen LogP contribution < -0.4 is 24.8 Å². The van der Waals surface area contributed by atoms with Crippen LogP contribution in [0.4, 0.5) is 11.4 Å². The largest absolute Gasteiger partial charge is 0.494 e. The molecule has 1 aliphatic rings. The number of benzene rings is 3. The minimum Gasteiger partial charge on any atom is -0.494 e. The second-order valence-corrected chi connectivity index (χ2v) is 8.97. The molecule has 194 valence electrons. The number of carbonyl (C=O) groups excluding carboxylic acids is 1. The lowest BCUT2D eigenvalue weighted by molar-refractivity contribution is -0.384. The monoisotopic (exact) mass is 532 g/mol. The van der Waals surface area contributed by atoms with Gasteiger partial charge in [-0.15, -0.1) is 11.8 Å². The third kappa shape index (κ3) is 6.74. The Labute approximate surface area is 223 Å². The van der Waals surface area contributed by atoms with Crippen molar-refractivity contribution >= 4 is 29.0 Å². The lowest BCUT2D eigenvalue weighted by Gasteiger charge is -2.14. The van der Waals surface area contributed by atoms with Crippen LogP contribution >= 0.6 is 11.8 Å². The maximum atomic E-state index is 13.1. The molecule has 3 aromatic carbocycles. The molecule has 38 heavy (non-hydrogen) atoms. The summed E-state index contributed by atoms with van der Waals surface area (Å²) in [5.41, 5.74) is 1.95. The third-order valence-electron chi connectivity index (χ3n) is 5.38. The summed E-state index contributed by atoms with van der Waals surface area (Å²) in [7, 11) is 0. The van der Waals surface area contributed by atoms with Crippen molar-refractivity contribution in [2.24, 2.45) is 0 Å². The minimum atomic E-state index is -0.565. The molecule has 0 aliphatic carbocycles. The summed E-state index contributed by atoms with van der Waals surface area (Å²) in [6.07, 6.45) is 0. The smallest absolute Gasteiger partial charge is 0.269 e. The zero-order chi connectivity index (χ0) is 26.9. The molecule has 3 aromatic rings. The zero-order valence-electron chi connectivity index (χ0n) is 20.4. The van der Waals surface area contributed by atoms with E-state index in [-0.39, 0.29) is 24.6 Å². The van der Waals surface area contributed by atoms with Gasteiger partial charge in [0.05, 0.1) is 16.6 Å². The van der Waals surface area contributed by atoms with Crippen molar-refractivity contribution in [1.29, 1.82) is 5.26 Å². The highest BCUT2D eigenvalue weighted by Gasteiger charge is 2.19. The Balaban J connectivity index is 1.55. The highest BCUT2D eigenvalue weighted by atomic mass is 32.2. The standard InChI is InChI=1S/C27H24N4O6S/c1-2-35-22-9-7-20(8-10-22)30-27(38-16-19-4-3-5-21(12-19)31(33)34)23(14-28)26(32)29-15-18-6-11-24-25(13-18)37-17-36-24/h3-13,30H,2,15-17H2,1H3,(H,29,32)/b27-23+. The number of ether oxygens (including phenoxy) is 3. The van der Waals surface area contributed by atoms with Crippen molar-refractivity contribution in [2.75, 3.05) is 18.7 Å². The van der Waals surface area contributed by atoms with Crippen molar-refractivity contribution in [3.8, 4) is 23.3 Å². The van der Waals surface area contributed by atoms with Crippen LogP contribution in [-0.2, 0) is 17.1 Å².